The van der Waals surface area contributed by atoms with Gasteiger partial charge >= 0.3 is 0 Å². The number of hydrogen-bond acceptors (Lipinski definition) is 2. The molecule has 1 aromatic rings. The van der Waals surface area contributed by atoms with E-state index in [1.165, 1.54) is 40.1 Å². The van der Waals surface area contributed by atoms with Crippen molar-refractivity contribution in [1.82, 2.24) is 0 Å². The van der Waals surface area contributed by atoms with Crippen molar-refractivity contribution in [3.63, 3.8) is 0 Å². The summed E-state index contributed by atoms with van der Waals surface area (Å²) < 4.78 is 1.23. The fourth-order valence-corrected chi connectivity index (χ4v) is 3.43. The number of thioether (sulfide) groups is 1. The molecular formula is C10H14Br2S2Zn-. The molecule has 1 radical (unpaired) electrons. The second-order valence-corrected chi connectivity index (χ2v) is 6.21. The van der Waals surface area contributed by atoms with Gasteiger partial charge in [-0.1, -0.05) is 26.2 Å². The molecule has 0 nitrogen and oxygen atoms in total. The largest absolute Gasteiger partial charge is 1.00 e. The average molecular weight is 424 g/mol. The van der Waals surface area contributed by atoms with E-state index in [-0.39, 0.29) is 36.5 Å². The van der Waals surface area contributed by atoms with Gasteiger partial charge in [-0.25, -0.2) is 0 Å². The second kappa shape index (κ2) is 12.1. The zero-order chi connectivity index (χ0) is 9.52. The molecule has 83 valence electrons. The summed E-state index contributed by atoms with van der Waals surface area (Å²) in [7, 11) is 0. The number of halogens is 2. The summed E-state index contributed by atoms with van der Waals surface area (Å²) in [4.78, 5) is 1.35. The molecule has 0 unspecified atom stereocenters. The molecule has 1 aromatic heterocycles. The van der Waals surface area contributed by atoms with Gasteiger partial charge in [0.1, 0.15) is 0 Å². The van der Waals surface area contributed by atoms with Gasteiger partial charge in [-0.2, -0.15) is 0 Å². The van der Waals surface area contributed by atoms with Crippen LogP contribution < -0.4 is 17.0 Å². The van der Waals surface area contributed by atoms with Gasteiger partial charge in [0, 0.05) is 29.8 Å². The Hall–Kier alpha value is 1.63. The fourth-order valence-electron chi connectivity index (χ4n) is 1.05. The topological polar surface area (TPSA) is 0 Å². The summed E-state index contributed by atoms with van der Waals surface area (Å²) in [6, 6.07) is 2.07. The second-order valence-electron chi connectivity index (χ2n) is 2.91. The van der Waals surface area contributed by atoms with Crippen LogP contribution in [-0.2, 0) is 19.5 Å². The molecule has 0 fully saturated rings. The predicted octanol–water partition coefficient (Wildman–Crippen LogP) is 1.98. The van der Waals surface area contributed by atoms with E-state index in [0.29, 0.717) is 0 Å². The van der Waals surface area contributed by atoms with Gasteiger partial charge in [-0.05, 0) is 34.2 Å². The fraction of sp³-hybridized carbons (Fsp3) is 0.600. The van der Waals surface area contributed by atoms with Gasteiger partial charge < -0.3 is 17.0 Å². The molecule has 0 saturated heterocycles. The van der Waals surface area contributed by atoms with Crippen molar-refractivity contribution < 1.29 is 36.5 Å². The Balaban J connectivity index is 0. The molecule has 0 atom stereocenters. The van der Waals surface area contributed by atoms with Crippen LogP contribution in [0.1, 0.15) is 32.6 Å². The Labute approximate surface area is 133 Å². The van der Waals surface area contributed by atoms with Gasteiger partial charge in [0.15, 0.2) is 0 Å². The molecule has 1 rings (SSSR count). The van der Waals surface area contributed by atoms with Gasteiger partial charge in [0.2, 0.25) is 0 Å². The van der Waals surface area contributed by atoms with Crippen molar-refractivity contribution >= 4 is 39.0 Å². The van der Waals surface area contributed by atoms with E-state index in [9.17, 15) is 0 Å². The van der Waals surface area contributed by atoms with Gasteiger partial charge in [0.25, 0.3) is 0 Å². The zero-order valence-electron chi connectivity index (χ0n) is 8.89. The summed E-state index contributed by atoms with van der Waals surface area (Å²) >= 11 is 7.10. The Bertz CT molecular complexity index is 241. The minimum absolute atomic E-state index is 0. The maximum absolute atomic E-state index is 3.52. The Morgan fingerprint density at radius 3 is 2.67 bits per heavy atom. The summed E-state index contributed by atoms with van der Waals surface area (Å²) in [5.74, 6) is 1.24. The van der Waals surface area contributed by atoms with Crippen LogP contribution in [0.5, 0.6) is 0 Å². The van der Waals surface area contributed by atoms with E-state index in [1.54, 1.807) is 11.3 Å². The Morgan fingerprint density at radius 2 is 2.13 bits per heavy atom. The average Bonchev–Trinajstić information content (AvgIpc) is 2.52. The molecule has 0 aliphatic heterocycles. The Kier molecular flexibility index (Phi) is 15.3. The molecule has 0 amide bonds. The standard InChI is InChI=1S/C10H14BrS2.BrH.Zn/c1-2-3-4-5-7-12-9-6-8-13-10(9)11;;/h6H,2-5,7H2,1H3;1H;/p-1. The first-order chi connectivity index (χ1) is 6.34. The molecule has 0 spiro atoms. The molecule has 5 heteroatoms. The third-order valence-corrected chi connectivity index (χ3v) is 4.85. The van der Waals surface area contributed by atoms with Crippen LogP contribution in [-0.4, -0.2) is 5.75 Å². The molecule has 15 heavy (non-hydrogen) atoms. The summed E-state index contributed by atoms with van der Waals surface area (Å²) in [5.41, 5.74) is 0. The van der Waals surface area contributed by atoms with Crippen molar-refractivity contribution in [3.8, 4) is 0 Å². The number of hydrogen-bond donors (Lipinski definition) is 0. The van der Waals surface area contributed by atoms with Gasteiger partial charge in [0.05, 0.1) is 3.79 Å². The number of unbranched alkanes of at least 4 members (excludes halogenated alkanes) is 3. The molecule has 0 aliphatic carbocycles. The smallest absolute Gasteiger partial charge is 0.0840 e. The van der Waals surface area contributed by atoms with Crippen molar-refractivity contribution in [2.45, 2.75) is 37.5 Å². The number of thiophene rings is 1. The summed E-state index contributed by atoms with van der Waals surface area (Å²) in [5, 5.41) is 3.12. The molecule has 0 N–H and O–H groups in total. The van der Waals surface area contributed by atoms with E-state index >= 15 is 0 Å². The van der Waals surface area contributed by atoms with Crippen LogP contribution in [0.4, 0.5) is 0 Å². The molecule has 0 bridgehead atoms. The summed E-state index contributed by atoms with van der Waals surface area (Å²) in [6.07, 6.45) is 5.40. The minimum atomic E-state index is 0. The third kappa shape index (κ3) is 8.37. The minimum Gasteiger partial charge on any atom is -1.00 e. The SMILES string of the molecule is CCCCCCSc1c[c]sc1Br.[Br-].[Zn]. The van der Waals surface area contributed by atoms with E-state index < -0.39 is 0 Å². The van der Waals surface area contributed by atoms with E-state index in [0.717, 1.165) is 0 Å². The van der Waals surface area contributed by atoms with Crippen LogP contribution in [0, 0.1) is 5.38 Å². The van der Waals surface area contributed by atoms with Crippen LogP contribution >= 0.6 is 39.0 Å². The first-order valence-electron chi connectivity index (χ1n) is 4.62. The van der Waals surface area contributed by atoms with Crippen LogP contribution in [0.2, 0.25) is 0 Å². The molecule has 1 heterocycles. The maximum Gasteiger partial charge on any atom is 0.0840 e. The monoisotopic (exact) mass is 420 g/mol. The van der Waals surface area contributed by atoms with Crippen molar-refractivity contribution in [2.75, 3.05) is 5.75 Å². The van der Waals surface area contributed by atoms with Crippen LogP contribution in [0.3, 0.4) is 0 Å². The maximum atomic E-state index is 3.52. The van der Waals surface area contributed by atoms with E-state index in [2.05, 4.69) is 34.3 Å². The first-order valence-corrected chi connectivity index (χ1v) is 7.22. The molecule has 0 aromatic carbocycles. The molecule has 0 saturated carbocycles. The predicted molar refractivity (Wildman–Crippen MR) is 65.7 cm³/mol. The van der Waals surface area contributed by atoms with Crippen molar-refractivity contribution in [1.29, 1.82) is 0 Å². The van der Waals surface area contributed by atoms with Gasteiger partial charge in [-0.3, -0.25) is 0 Å². The molecule has 0 aliphatic rings. The van der Waals surface area contributed by atoms with E-state index in [1.807, 2.05) is 11.8 Å². The Morgan fingerprint density at radius 1 is 1.40 bits per heavy atom. The quantitative estimate of drug-likeness (QED) is 0.383. The van der Waals surface area contributed by atoms with Crippen molar-refractivity contribution in [2.24, 2.45) is 0 Å². The summed E-state index contributed by atoms with van der Waals surface area (Å²) in [6.45, 7) is 2.25. The number of rotatable bonds is 6. The van der Waals surface area contributed by atoms with Crippen LogP contribution in [0.25, 0.3) is 0 Å². The van der Waals surface area contributed by atoms with Crippen molar-refractivity contribution in [3.05, 3.63) is 15.2 Å². The first kappa shape index (κ1) is 19.0. The normalized spacial score (nSPS) is 9.20. The van der Waals surface area contributed by atoms with E-state index in [4.69, 9.17) is 0 Å². The van der Waals surface area contributed by atoms with Crippen LogP contribution in [0.15, 0.2) is 14.7 Å². The third-order valence-electron chi connectivity index (χ3n) is 1.79. The zero-order valence-corrected chi connectivity index (χ0v) is 16.7. The van der Waals surface area contributed by atoms with Gasteiger partial charge in [-0.15, -0.1) is 23.1 Å². The molecular weight excluding hydrogens is 409 g/mol.